The summed E-state index contributed by atoms with van der Waals surface area (Å²) in [6.45, 7) is 2.07. The summed E-state index contributed by atoms with van der Waals surface area (Å²) in [7, 11) is 0. The smallest absolute Gasteiger partial charge is 0.296 e. The summed E-state index contributed by atoms with van der Waals surface area (Å²) in [5.41, 5.74) is 1.01. The first-order chi connectivity index (χ1) is 10.2. The summed E-state index contributed by atoms with van der Waals surface area (Å²) in [6, 6.07) is 8.96. The van der Waals surface area contributed by atoms with Crippen LogP contribution in [0.3, 0.4) is 0 Å². The Hall–Kier alpha value is -2.41. The topological polar surface area (TPSA) is 81.2 Å². The molecule has 1 aromatic carbocycles. The van der Waals surface area contributed by atoms with Crippen molar-refractivity contribution in [3.63, 3.8) is 0 Å². The highest BCUT2D eigenvalue weighted by Gasteiger charge is 2.15. The number of hydrogen-bond donors (Lipinski definition) is 1. The molecule has 21 heavy (non-hydrogen) atoms. The predicted octanol–water partition coefficient (Wildman–Crippen LogP) is 4.36. The van der Waals surface area contributed by atoms with Gasteiger partial charge in [-0.15, -0.1) is 11.3 Å². The molecule has 0 aliphatic rings. The van der Waals surface area contributed by atoms with Crippen molar-refractivity contribution in [2.75, 3.05) is 5.32 Å². The second-order valence-electron chi connectivity index (χ2n) is 4.55. The van der Waals surface area contributed by atoms with Crippen LogP contribution in [0.5, 0.6) is 0 Å². The Bertz CT molecular complexity index is 767. The number of nitro benzene ring substituents is 1. The third kappa shape index (κ3) is 2.73. The number of fused-ring (bicyclic) bond motifs is 1. The monoisotopic (exact) mass is 303 g/mol. The number of benzene rings is 1. The van der Waals surface area contributed by atoms with E-state index in [-0.39, 0.29) is 11.7 Å². The Kier molecular flexibility index (Phi) is 3.57. The van der Waals surface area contributed by atoms with Crippen LogP contribution in [0.2, 0.25) is 0 Å². The average molecular weight is 303 g/mol. The van der Waals surface area contributed by atoms with E-state index in [1.54, 1.807) is 17.4 Å². The van der Waals surface area contributed by atoms with Crippen LogP contribution in [0, 0.1) is 10.1 Å². The summed E-state index contributed by atoms with van der Waals surface area (Å²) in [4.78, 5) is 15.8. The zero-order valence-electron chi connectivity index (χ0n) is 11.3. The quantitative estimate of drug-likeness (QED) is 0.559. The first-order valence-corrected chi connectivity index (χ1v) is 7.40. The van der Waals surface area contributed by atoms with Gasteiger partial charge in [-0.2, -0.15) is 4.98 Å². The molecule has 2 aromatic heterocycles. The van der Waals surface area contributed by atoms with Gasteiger partial charge in [0.15, 0.2) is 5.58 Å². The van der Waals surface area contributed by atoms with Gasteiger partial charge in [-0.3, -0.25) is 10.1 Å². The number of non-ortho nitro benzene ring substituents is 1. The molecule has 0 aliphatic heterocycles. The Morgan fingerprint density at radius 1 is 1.48 bits per heavy atom. The van der Waals surface area contributed by atoms with Crippen LogP contribution in [-0.2, 0) is 0 Å². The van der Waals surface area contributed by atoms with Crippen LogP contribution in [0.15, 0.2) is 40.1 Å². The zero-order valence-corrected chi connectivity index (χ0v) is 12.1. The number of nitrogens with zero attached hydrogens (tertiary/aromatic N) is 2. The van der Waals surface area contributed by atoms with Crippen molar-refractivity contribution in [2.24, 2.45) is 0 Å². The van der Waals surface area contributed by atoms with Crippen LogP contribution >= 0.6 is 11.3 Å². The van der Waals surface area contributed by atoms with Gasteiger partial charge in [0.2, 0.25) is 0 Å². The standard InChI is InChI=1S/C14H13N3O3S/c1-2-10(13-4-3-7-21-13)15-14-16-11-6-5-9(17(18)19)8-12(11)20-14/h3-8,10H,2H2,1H3,(H,15,16). The summed E-state index contributed by atoms with van der Waals surface area (Å²) in [5, 5.41) is 16.0. The SMILES string of the molecule is CCC(Nc1nc2ccc([N+](=O)[O-])cc2o1)c1cccs1. The maximum atomic E-state index is 10.8. The number of anilines is 1. The maximum Gasteiger partial charge on any atom is 0.296 e. The molecule has 3 aromatic rings. The minimum absolute atomic E-state index is 0.00417. The Morgan fingerprint density at radius 3 is 3.00 bits per heavy atom. The summed E-state index contributed by atoms with van der Waals surface area (Å²) in [6.07, 6.45) is 0.888. The van der Waals surface area contributed by atoms with Gasteiger partial charge in [-0.1, -0.05) is 13.0 Å². The Balaban J connectivity index is 1.88. The number of hydrogen-bond acceptors (Lipinski definition) is 6. The molecule has 7 heteroatoms. The molecule has 0 radical (unpaired) electrons. The first kappa shape index (κ1) is 13.6. The molecule has 108 valence electrons. The number of rotatable bonds is 5. The summed E-state index contributed by atoms with van der Waals surface area (Å²) < 4.78 is 5.57. The lowest BCUT2D eigenvalue weighted by atomic mass is 10.2. The molecule has 3 rings (SSSR count). The molecular weight excluding hydrogens is 290 g/mol. The molecule has 6 nitrogen and oxygen atoms in total. The molecule has 0 fully saturated rings. The highest BCUT2D eigenvalue weighted by atomic mass is 32.1. The molecular formula is C14H13N3O3S. The van der Waals surface area contributed by atoms with Crippen molar-refractivity contribution in [1.29, 1.82) is 0 Å². The van der Waals surface area contributed by atoms with E-state index in [1.807, 2.05) is 11.4 Å². The van der Waals surface area contributed by atoms with Crippen molar-refractivity contribution < 1.29 is 9.34 Å². The minimum Gasteiger partial charge on any atom is -0.423 e. The molecule has 0 amide bonds. The van der Waals surface area contributed by atoms with Crippen LogP contribution in [-0.4, -0.2) is 9.91 Å². The molecule has 0 spiro atoms. The number of thiophene rings is 1. The second kappa shape index (κ2) is 5.53. The Labute approximate surface area is 124 Å². The lowest BCUT2D eigenvalue weighted by Gasteiger charge is -2.13. The lowest BCUT2D eigenvalue weighted by Crippen LogP contribution is -2.08. The van der Waals surface area contributed by atoms with Crippen LogP contribution in [0.25, 0.3) is 11.1 Å². The lowest BCUT2D eigenvalue weighted by molar-refractivity contribution is -0.384. The van der Waals surface area contributed by atoms with E-state index in [9.17, 15) is 10.1 Å². The van der Waals surface area contributed by atoms with Crippen molar-refractivity contribution in [3.05, 3.63) is 50.7 Å². The fraction of sp³-hybridized carbons (Fsp3) is 0.214. The van der Waals surface area contributed by atoms with Gasteiger partial charge in [0.25, 0.3) is 11.7 Å². The Morgan fingerprint density at radius 2 is 2.33 bits per heavy atom. The molecule has 0 aliphatic carbocycles. The third-order valence-electron chi connectivity index (χ3n) is 3.18. The van der Waals surface area contributed by atoms with Gasteiger partial charge in [0.1, 0.15) is 5.52 Å². The third-order valence-corrected chi connectivity index (χ3v) is 4.16. The van der Waals surface area contributed by atoms with Gasteiger partial charge in [-0.05, 0) is 23.9 Å². The van der Waals surface area contributed by atoms with Crippen molar-refractivity contribution in [2.45, 2.75) is 19.4 Å². The number of nitro groups is 1. The fourth-order valence-corrected chi connectivity index (χ4v) is 2.96. The van der Waals surface area contributed by atoms with E-state index >= 15 is 0 Å². The molecule has 2 heterocycles. The zero-order chi connectivity index (χ0) is 14.8. The molecule has 0 saturated heterocycles. The second-order valence-corrected chi connectivity index (χ2v) is 5.53. The van der Waals surface area contributed by atoms with Gasteiger partial charge < -0.3 is 9.73 Å². The fourth-order valence-electron chi connectivity index (χ4n) is 2.10. The van der Waals surface area contributed by atoms with Crippen molar-refractivity contribution >= 4 is 34.1 Å². The minimum atomic E-state index is -0.449. The largest absolute Gasteiger partial charge is 0.423 e. The molecule has 1 atom stereocenters. The summed E-state index contributed by atoms with van der Waals surface area (Å²) >= 11 is 1.67. The van der Waals surface area contributed by atoms with E-state index in [1.165, 1.54) is 17.0 Å². The molecule has 1 unspecified atom stereocenters. The number of nitrogens with one attached hydrogen (secondary N) is 1. The molecule has 1 N–H and O–H groups in total. The van der Waals surface area contributed by atoms with E-state index in [4.69, 9.17) is 4.42 Å². The van der Waals surface area contributed by atoms with Gasteiger partial charge in [0.05, 0.1) is 17.0 Å². The molecule has 0 bridgehead atoms. The van der Waals surface area contributed by atoms with Crippen LogP contribution in [0.4, 0.5) is 11.7 Å². The van der Waals surface area contributed by atoms with Gasteiger partial charge in [-0.25, -0.2) is 0 Å². The predicted molar refractivity (Wildman–Crippen MR) is 81.6 cm³/mol. The highest BCUT2D eigenvalue weighted by Crippen LogP contribution is 2.29. The van der Waals surface area contributed by atoms with E-state index < -0.39 is 4.92 Å². The van der Waals surface area contributed by atoms with Crippen LogP contribution < -0.4 is 5.32 Å². The summed E-state index contributed by atoms with van der Waals surface area (Å²) in [5.74, 6) is 0. The average Bonchev–Trinajstić information content (AvgIpc) is 3.12. The normalized spacial score (nSPS) is 12.4. The van der Waals surface area contributed by atoms with Gasteiger partial charge >= 0.3 is 0 Å². The van der Waals surface area contributed by atoms with Crippen molar-refractivity contribution in [1.82, 2.24) is 4.98 Å². The van der Waals surface area contributed by atoms with Crippen molar-refractivity contribution in [3.8, 4) is 0 Å². The molecule has 0 saturated carbocycles. The van der Waals surface area contributed by atoms with Gasteiger partial charge in [0, 0.05) is 10.9 Å². The number of aromatic nitrogens is 1. The van der Waals surface area contributed by atoms with E-state index in [0.29, 0.717) is 17.1 Å². The maximum absolute atomic E-state index is 10.8. The van der Waals surface area contributed by atoms with E-state index in [0.717, 1.165) is 6.42 Å². The van der Waals surface area contributed by atoms with Crippen LogP contribution in [0.1, 0.15) is 24.3 Å². The highest BCUT2D eigenvalue weighted by molar-refractivity contribution is 7.10. The first-order valence-electron chi connectivity index (χ1n) is 6.52. The number of oxazole rings is 1. The van der Waals surface area contributed by atoms with E-state index in [2.05, 4.69) is 23.3 Å².